The number of hydrogen-bond donors (Lipinski definition) is 2. The maximum Gasteiger partial charge on any atom is 0.257 e. The number of anilines is 1. The van der Waals surface area contributed by atoms with Crippen LogP contribution in [0.15, 0.2) is 18.2 Å². The van der Waals surface area contributed by atoms with Gasteiger partial charge in [-0.3, -0.25) is 14.4 Å². The average Bonchev–Trinajstić information content (AvgIpc) is 2.82. The first-order valence-corrected chi connectivity index (χ1v) is 11.7. The standard InChI is InChI=1S/C24H33N3O5/c1-25-22(28)13-17-9-10-19-21(32-17)14-31-20-11-8-16(12-18(20)24(30)27(19)2)26-23(29)15-6-4-3-5-7-15/h8,11-12,15,17,19,21H,3-7,9-10,13-14H2,1-2H3,(H,25,28)(H,26,29)/t17-,19-,21+/m1/s1. The van der Waals surface area contributed by atoms with Crippen molar-refractivity contribution in [1.82, 2.24) is 10.2 Å². The van der Waals surface area contributed by atoms with E-state index in [2.05, 4.69) is 10.6 Å². The number of amides is 3. The summed E-state index contributed by atoms with van der Waals surface area (Å²) in [6.45, 7) is 0.299. The third-order valence-corrected chi connectivity index (χ3v) is 6.95. The minimum absolute atomic E-state index is 0.0279. The summed E-state index contributed by atoms with van der Waals surface area (Å²) >= 11 is 0. The van der Waals surface area contributed by atoms with Crippen LogP contribution in [0.5, 0.6) is 5.75 Å². The van der Waals surface area contributed by atoms with Gasteiger partial charge in [-0.2, -0.15) is 0 Å². The van der Waals surface area contributed by atoms with Crippen LogP contribution in [0.25, 0.3) is 0 Å². The molecule has 0 aromatic heterocycles. The van der Waals surface area contributed by atoms with Gasteiger partial charge < -0.3 is 25.0 Å². The number of fused-ring (bicyclic) bond motifs is 2. The van der Waals surface area contributed by atoms with Crippen molar-refractivity contribution in [3.63, 3.8) is 0 Å². The van der Waals surface area contributed by atoms with Crippen LogP contribution in [-0.4, -0.2) is 61.6 Å². The number of rotatable bonds is 4. The van der Waals surface area contributed by atoms with Gasteiger partial charge in [0.1, 0.15) is 18.5 Å². The predicted molar refractivity (Wildman–Crippen MR) is 120 cm³/mol. The highest BCUT2D eigenvalue weighted by atomic mass is 16.5. The van der Waals surface area contributed by atoms with Gasteiger partial charge in [0.2, 0.25) is 11.8 Å². The second kappa shape index (κ2) is 9.90. The topological polar surface area (TPSA) is 97.0 Å². The van der Waals surface area contributed by atoms with Gasteiger partial charge in [0.05, 0.1) is 24.1 Å². The van der Waals surface area contributed by atoms with Gasteiger partial charge in [-0.15, -0.1) is 0 Å². The molecule has 1 saturated heterocycles. The van der Waals surface area contributed by atoms with Gasteiger partial charge in [0.25, 0.3) is 5.91 Å². The van der Waals surface area contributed by atoms with Gasteiger partial charge in [0.15, 0.2) is 0 Å². The van der Waals surface area contributed by atoms with E-state index in [9.17, 15) is 14.4 Å². The molecule has 174 valence electrons. The van der Waals surface area contributed by atoms with E-state index in [1.807, 2.05) is 0 Å². The molecular weight excluding hydrogens is 410 g/mol. The average molecular weight is 444 g/mol. The number of carbonyl (C=O) groups excluding carboxylic acids is 3. The molecule has 8 nitrogen and oxygen atoms in total. The Hall–Kier alpha value is -2.61. The van der Waals surface area contributed by atoms with E-state index in [-0.39, 0.29) is 41.9 Å². The quantitative estimate of drug-likeness (QED) is 0.746. The highest BCUT2D eigenvalue weighted by Crippen LogP contribution is 2.33. The second-order valence-corrected chi connectivity index (χ2v) is 9.08. The molecule has 2 heterocycles. The maximum absolute atomic E-state index is 13.3. The molecule has 1 aromatic rings. The largest absolute Gasteiger partial charge is 0.490 e. The molecular formula is C24H33N3O5. The first kappa shape index (κ1) is 22.6. The van der Waals surface area contributed by atoms with Crippen molar-refractivity contribution in [2.75, 3.05) is 26.0 Å². The second-order valence-electron chi connectivity index (χ2n) is 9.08. The van der Waals surface area contributed by atoms with Gasteiger partial charge in [-0.25, -0.2) is 0 Å². The van der Waals surface area contributed by atoms with E-state index >= 15 is 0 Å². The number of benzene rings is 1. The van der Waals surface area contributed by atoms with Crippen molar-refractivity contribution >= 4 is 23.4 Å². The fraction of sp³-hybridized carbons (Fsp3) is 0.625. The van der Waals surface area contributed by atoms with Gasteiger partial charge in [-0.05, 0) is 43.9 Å². The highest BCUT2D eigenvalue weighted by molar-refractivity contribution is 6.00. The summed E-state index contributed by atoms with van der Waals surface area (Å²) in [6.07, 6.45) is 6.49. The Labute approximate surface area is 189 Å². The van der Waals surface area contributed by atoms with Gasteiger partial charge in [-0.1, -0.05) is 19.3 Å². The molecule has 32 heavy (non-hydrogen) atoms. The molecule has 3 aliphatic rings. The number of ether oxygens (including phenoxy) is 2. The Morgan fingerprint density at radius 1 is 1.12 bits per heavy atom. The van der Waals surface area contributed by atoms with Crippen LogP contribution in [0.4, 0.5) is 5.69 Å². The van der Waals surface area contributed by atoms with Crippen molar-refractivity contribution in [3.8, 4) is 5.75 Å². The fourth-order valence-electron chi connectivity index (χ4n) is 5.02. The van der Waals surface area contributed by atoms with Gasteiger partial charge in [0, 0.05) is 25.7 Å². The normalized spacial score (nSPS) is 26.1. The fourth-order valence-corrected chi connectivity index (χ4v) is 5.02. The summed E-state index contributed by atoms with van der Waals surface area (Å²) in [7, 11) is 3.40. The minimum Gasteiger partial charge on any atom is -0.490 e. The Kier molecular flexibility index (Phi) is 6.98. The summed E-state index contributed by atoms with van der Waals surface area (Å²) in [4.78, 5) is 39.4. The molecule has 0 spiro atoms. The summed E-state index contributed by atoms with van der Waals surface area (Å²) < 4.78 is 12.1. The van der Waals surface area contributed by atoms with E-state index in [1.165, 1.54) is 6.42 Å². The third kappa shape index (κ3) is 4.90. The number of carbonyl (C=O) groups is 3. The molecule has 2 fully saturated rings. The Balaban J connectivity index is 1.48. The van der Waals surface area contributed by atoms with Crippen LogP contribution in [-0.2, 0) is 14.3 Å². The number of likely N-dealkylation sites (N-methyl/N-ethyl adjacent to an activating group) is 1. The lowest BCUT2D eigenvalue weighted by atomic mass is 9.88. The molecule has 2 N–H and O–H groups in total. The first-order valence-electron chi connectivity index (χ1n) is 11.7. The zero-order valence-corrected chi connectivity index (χ0v) is 18.9. The first-order chi connectivity index (χ1) is 15.5. The van der Waals surface area contributed by atoms with Crippen LogP contribution in [0.2, 0.25) is 0 Å². The molecule has 1 aliphatic carbocycles. The molecule has 0 unspecified atom stereocenters. The Morgan fingerprint density at radius 2 is 1.91 bits per heavy atom. The molecule has 4 rings (SSSR count). The molecule has 3 amide bonds. The SMILES string of the molecule is CNC(=O)C[C@H]1CC[C@@H]2[C@H](COc3ccc(NC(=O)C4CCCCC4)cc3C(=O)N2C)O1. The summed E-state index contributed by atoms with van der Waals surface area (Å²) in [5.74, 6) is 0.339. The van der Waals surface area contributed by atoms with Crippen LogP contribution < -0.4 is 15.4 Å². The molecule has 3 atom stereocenters. The van der Waals surface area contributed by atoms with Crippen molar-refractivity contribution < 1.29 is 23.9 Å². The molecule has 1 saturated carbocycles. The van der Waals surface area contributed by atoms with Crippen LogP contribution >= 0.6 is 0 Å². The zero-order valence-electron chi connectivity index (χ0n) is 18.9. The van der Waals surface area contributed by atoms with Gasteiger partial charge >= 0.3 is 0 Å². The van der Waals surface area contributed by atoms with Crippen molar-refractivity contribution in [1.29, 1.82) is 0 Å². The summed E-state index contributed by atoms with van der Waals surface area (Å²) in [5.41, 5.74) is 1.06. The smallest absolute Gasteiger partial charge is 0.257 e. The number of hydrogen-bond acceptors (Lipinski definition) is 5. The monoisotopic (exact) mass is 443 g/mol. The molecule has 0 bridgehead atoms. The lowest BCUT2D eigenvalue weighted by Crippen LogP contribution is -2.53. The molecule has 0 radical (unpaired) electrons. The lowest BCUT2D eigenvalue weighted by Gasteiger charge is -2.42. The van der Waals surface area contributed by atoms with E-state index in [4.69, 9.17) is 9.47 Å². The predicted octanol–water partition coefficient (Wildman–Crippen LogP) is 2.72. The zero-order chi connectivity index (χ0) is 22.7. The maximum atomic E-state index is 13.3. The van der Waals surface area contributed by atoms with Crippen molar-refractivity contribution in [2.24, 2.45) is 5.92 Å². The molecule has 2 aliphatic heterocycles. The number of nitrogens with one attached hydrogen (secondary N) is 2. The van der Waals surface area contributed by atoms with Crippen LogP contribution in [0, 0.1) is 5.92 Å². The highest BCUT2D eigenvalue weighted by Gasteiger charge is 2.39. The summed E-state index contributed by atoms with van der Waals surface area (Å²) in [5, 5.41) is 5.62. The molecule has 8 heteroatoms. The van der Waals surface area contributed by atoms with Crippen LogP contribution in [0.1, 0.15) is 61.7 Å². The number of nitrogens with zero attached hydrogens (tertiary/aromatic N) is 1. The molecule has 1 aromatic carbocycles. The van der Waals surface area contributed by atoms with Crippen molar-refractivity contribution in [2.45, 2.75) is 69.6 Å². The Bertz CT molecular complexity index is 867. The minimum atomic E-state index is -0.300. The van der Waals surface area contributed by atoms with E-state index < -0.39 is 0 Å². The van der Waals surface area contributed by atoms with E-state index in [1.54, 1.807) is 37.2 Å². The van der Waals surface area contributed by atoms with E-state index in [0.717, 1.165) is 32.1 Å². The van der Waals surface area contributed by atoms with E-state index in [0.29, 0.717) is 36.4 Å². The third-order valence-electron chi connectivity index (χ3n) is 6.95. The Morgan fingerprint density at radius 3 is 2.66 bits per heavy atom. The van der Waals surface area contributed by atoms with Crippen LogP contribution in [0.3, 0.4) is 0 Å². The lowest BCUT2D eigenvalue weighted by molar-refractivity contribution is -0.133. The summed E-state index contributed by atoms with van der Waals surface area (Å²) in [6, 6.07) is 5.11. The van der Waals surface area contributed by atoms with Crippen molar-refractivity contribution in [3.05, 3.63) is 23.8 Å².